The molecule has 0 aliphatic heterocycles. The number of aliphatic hydroxyl groups excluding tert-OH is 1. The van der Waals surface area contributed by atoms with Gasteiger partial charge in [0.25, 0.3) is 0 Å². The minimum Gasteiger partial charge on any atom is -0.435 e. The van der Waals surface area contributed by atoms with E-state index in [1.54, 1.807) is 36.9 Å². The van der Waals surface area contributed by atoms with E-state index in [-0.39, 0.29) is 12.3 Å². The number of pyridine rings is 1. The Labute approximate surface area is 137 Å². The van der Waals surface area contributed by atoms with Gasteiger partial charge in [0, 0.05) is 30.4 Å². The molecule has 0 saturated heterocycles. The predicted molar refractivity (Wildman–Crippen MR) is 83.5 cm³/mol. The van der Waals surface area contributed by atoms with Crippen LogP contribution in [0.3, 0.4) is 0 Å². The summed E-state index contributed by atoms with van der Waals surface area (Å²) in [4.78, 5) is 8.27. The Bertz CT molecular complexity index is 776. The number of nitrogens with zero attached hydrogens (tertiary/aromatic N) is 3. The Morgan fingerprint density at radius 1 is 1.04 bits per heavy atom. The fourth-order valence-corrected chi connectivity index (χ4v) is 2.38. The summed E-state index contributed by atoms with van der Waals surface area (Å²) in [6.45, 7) is -2.58. The van der Waals surface area contributed by atoms with Gasteiger partial charge in [0.1, 0.15) is 11.6 Å². The van der Waals surface area contributed by atoms with E-state index in [2.05, 4.69) is 14.7 Å². The quantitative estimate of drug-likeness (QED) is 0.753. The van der Waals surface area contributed by atoms with E-state index >= 15 is 0 Å². The summed E-state index contributed by atoms with van der Waals surface area (Å²) >= 11 is 0. The van der Waals surface area contributed by atoms with Gasteiger partial charge >= 0.3 is 6.61 Å². The minimum atomic E-state index is -2.87. The van der Waals surface area contributed by atoms with Crippen LogP contribution in [0.4, 0.5) is 8.78 Å². The van der Waals surface area contributed by atoms with Crippen molar-refractivity contribution in [3.63, 3.8) is 0 Å². The average Bonchev–Trinajstić information content (AvgIpc) is 3.04. The van der Waals surface area contributed by atoms with Gasteiger partial charge in [-0.25, -0.2) is 4.98 Å². The van der Waals surface area contributed by atoms with Crippen LogP contribution in [0.15, 0.2) is 61.2 Å². The summed E-state index contributed by atoms with van der Waals surface area (Å²) in [6.07, 6.45) is 5.97. The Kier molecular flexibility index (Phi) is 4.81. The molecule has 3 aromatic rings. The van der Waals surface area contributed by atoms with E-state index in [1.807, 2.05) is 16.7 Å². The lowest BCUT2D eigenvalue weighted by Gasteiger charge is -2.15. The van der Waals surface area contributed by atoms with Crippen LogP contribution in [-0.4, -0.2) is 26.3 Å². The molecule has 1 atom stereocenters. The second-order valence-electron chi connectivity index (χ2n) is 5.10. The molecule has 3 rings (SSSR count). The van der Waals surface area contributed by atoms with Crippen LogP contribution in [0.1, 0.15) is 11.7 Å². The van der Waals surface area contributed by atoms with Crippen molar-refractivity contribution >= 4 is 0 Å². The van der Waals surface area contributed by atoms with Crippen molar-refractivity contribution in [2.24, 2.45) is 0 Å². The number of hydrogen-bond acceptors (Lipinski definition) is 4. The van der Waals surface area contributed by atoms with E-state index in [9.17, 15) is 13.9 Å². The summed E-state index contributed by atoms with van der Waals surface area (Å²) in [5.74, 6) is 0.773. The largest absolute Gasteiger partial charge is 0.435 e. The first-order valence-electron chi connectivity index (χ1n) is 7.28. The zero-order valence-electron chi connectivity index (χ0n) is 12.6. The average molecular weight is 331 g/mol. The molecular weight excluding hydrogens is 316 g/mol. The summed E-state index contributed by atoms with van der Waals surface area (Å²) in [5.41, 5.74) is 1.49. The number of ether oxygens (including phenoxy) is 1. The number of benzene rings is 1. The smallest absolute Gasteiger partial charge is 0.387 e. The van der Waals surface area contributed by atoms with Crippen LogP contribution in [0.25, 0.3) is 11.4 Å². The Morgan fingerprint density at radius 3 is 2.42 bits per heavy atom. The lowest BCUT2D eigenvalue weighted by molar-refractivity contribution is -0.0498. The number of rotatable bonds is 6. The van der Waals surface area contributed by atoms with E-state index < -0.39 is 12.7 Å². The zero-order chi connectivity index (χ0) is 16.9. The van der Waals surface area contributed by atoms with Gasteiger partial charge in [0.05, 0.1) is 12.6 Å². The van der Waals surface area contributed by atoms with Crippen molar-refractivity contribution in [3.05, 3.63) is 66.7 Å². The fraction of sp³-hybridized carbons (Fsp3) is 0.176. The fourth-order valence-electron chi connectivity index (χ4n) is 2.38. The van der Waals surface area contributed by atoms with Gasteiger partial charge in [0.15, 0.2) is 0 Å². The second-order valence-corrected chi connectivity index (χ2v) is 5.10. The molecule has 7 heteroatoms. The van der Waals surface area contributed by atoms with Crippen LogP contribution in [0.2, 0.25) is 0 Å². The van der Waals surface area contributed by atoms with Gasteiger partial charge in [-0.2, -0.15) is 8.78 Å². The van der Waals surface area contributed by atoms with Crippen molar-refractivity contribution in [2.75, 3.05) is 0 Å². The molecule has 0 amide bonds. The number of alkyl halides is 2. The van der Waals surface area contributed by atoms with Gasteiger partial charge in [0.2, 0.25) is 0 Å². The molecule has 0 unspecified atom stereocenters. The van der Waals surface area contributed by atoms with Gasteiger partial charge < -0.3 is 14.4 Å². The van der Waals surface area contributed by atoms with Crippen LogP contribution >= 0.6 is 0 Å². The molecule has 0 aliphatic rings. The molecule has 0 spiro atoms. The van der Waals surface area contributed by atoms with E-state index in [0.717, 1.165) is 5.56 Å². The lowest BCUT2D eigenvalue weighted by atomic mass is 10.1. The zero-order valence-corrected chi connectivity index (χ0v) is 12.6. The van der Waals surface area contributed by atoms with Gasteiger partial charge in [-0.15, -0.1) is 0 Å². The molecule has 24 heavy (non-hydrogen) atoms. The van der Waals surface area contributed by atoms with E-state index in [0.29, 0.717) is 11.4 Å². The van der Waals surface area contributed by atoms with Crippen molar-refractivity contribution in [2.45, 2.75) is 19.3 Å². The van der Waals surface area contributed by atoms with Crippen molar-refractivity contribution in [3.8, 4) is 17.1 Å². The maximum Gasteiger partial charge on any atom is 0.387 e. The summed E-state index contributed by atoms with van der Waals surface area (Å²) in [7, 11) is 0. The highest BCUT2D eigenvalue weighted by Crippen LogP contribution is 2.23. The maximum atomic E-state index is 12.2. The highest BCUT2D eigenvalue weighted by Gasteiger charge is 2.13. The van der Waals surface area contributed by atoms with Crippen LogP contribution in [0.5, 0.6) is 5.75 Å². The lowest BCUT2D eigenvalue weighted by Crippen LogP contribution is -2.09. The number of hydrogen-bond donors (Lipinski definition) is 1. The topological polar surface area (TPSA) is 60.2 Å². The van der Waals surface area contributed by atoms with Crippen molar-refractivity contribution < 1.29 is 18.6 Å². The molecule has 0 aliphatic carbocycles. The summed E-state index contributed by atoms with van der Waals surface area (Å²) < 4.78 is 30.4. The summed E-state index contributed by atoms with van der Waals surface area (Å²) in [5, 5.41) is 10.4. The molecule has 0 fully saturated rings. The third-order valence-corrected chi connectivity index (χ3v) is 3.51. The minimum absolute atomic E-state index is 0.0565. The first-order valence-corrected chi connectivity index (χ1v) is 7.28. The predicted octanol–water partition coefficient (Wildman–Crippen LogP) is 3.28. The maximum absolute atomic E-state index is 12.2. The molecule has 0 radical (unpaired) electrons. The SMILES string of the molecule is O[C@@H](Cn1ccnc1-c1ccncc1)c1ccc(OC(F)F)cc1. The molecule has 1 N–H and O–H groups in total. The molecular formula is C17H15F2N3O2. The molecule has 5 nitrogen and oxygen atoms in total. The van der Waals surface area contributed by atoms with Crippen molar-refractivity contribution in [1.29, 1.82) is 0 Å². The molecule has 2 aromatic heterocycles. The third kappa shape index (κ3) is 3.75. The monoisotopic (exact) mass is 331 g/mol. The molecule has 124 valence electrons. The Morgan fingerprint density at radius 2 is 1.75 bits per heavy atom. The Balaban J connectivity index is 1.74. The highest BCUT2D eigenvalue weighted by molar-refractivity contribution is 5.54. The normalized spacial score (nSPS) is 12.3. The van der Waals surface area contributed by atoms with Gasteiger partial charge in [-0.1, -0.05) is 12.1 Å². The van der Waals surface area contributed by atoms with Crippen LogP contribution in [-0.2, 0) is 6.54 Å². The molecule has 2 heterocycles. The first kappa shape index (κ1) is 16.1. The molecule has 1 aromatic carbocycles. The molecule has 0 bridgehead atoms. The Hall–Kier alpha value is -2.80. The van der Waals surface area contributed by atoms with Gasteiger partial charge in [-0.05, 0) is 29.8 Å². The van der Waals surface area contributed by atoms with Gasteiger partial charge in [-0.3, -0.25) is 4.98 Å². The molecule has 0 saturated carbocycles. The number of imidazole rings is 1. The summed E-state index contributed by atoms with van der Waals surface area (Å²) in [6, 6.07) is 9.60. The van der Waals surface area contributed by atoms with E-state index in [1.165, 1.54) is 12.1 Å². The van der Waals surface area contributed by atoms with Crippen LogP contribution in [0, 0.1) is 0 Å². The third-order valence-electron chi connectivity index (χ3n) is 3.51. The second kappa shape index (κ2) is 7.18. The van der Waals surface area contributed by atoms with Crippen molar-refractivity contribution in [1.82, 2.24) is 14.5 Å². The van der Waals surface area contributed by atoms with Crippen LogP contribution < -0.4 is 4.74 Å². The standard InChI is InChI=1S/C17H15F2N3O2/c18-17(19)24-14-3-1-12(2-4-14)15(23)11-22-10-9-21-16(22)13-5-7-20-8-6-13/h1-10,15,17,23H,11H2/t15-/m0/s1. The highest BCUT2D eigenvalue weighted by atomic mass is 19.3. The first-order chi connectivity index (χ1) is 11.6. The number of aromatic nitrogens is 3. The number of aliphatic hydroxyl groups is 1. The number of halogens is 2. The van der Waals surface area contributed by atoms with E-state index in [4.69, 9.17) is 0 Å².